The molecule has 0 spiro atoms. The van der Waals surface area contributed by atoms with Crippen molar-refractivity contribution in [1.29, 1.82) is 0 Å². The molecular weight excluding hydrogens is 305 g/mol. The monoisotopic (exact) mass is 315 g/mol. The van der Waals surface area contributed by atoms with Crippen molar-refractivity contribution < 1.29 is 4.39 Å². The fourth-order valence-electron chi connectivity index (χ4n) is 1.79. The summed E-state index contributed by atoms with van der Waals surface area (Å²) in [4.78, 5) is 4.28. The third-order valence-corrected chi connectivity index (χ3v) is 2.99. The van der Waals surface area contributed by atoms with E-state index < -0.39 is 0 Å². The first-order valence-electron chi connectivity index (χ1n) is 6.44. The molecule has 0 saturated heterocycles. The van der Waals surface area contributed by atoms with Gasteiger partial charge in [0.2, 0.25) is 5.95 Å². The zero-order chi connectivity index (χ0) is 15.4. The number of anilines is 4. The highest BCUT2D eigenvalue weighted by molar-refractivity contribution is 6.30. The molecular formula is C15H11ClFN5. The van der Waals surface area contributed by atoms with Gasteiger partial charge in [0.15, 0.2) is 5.82 Å². The highest BCUT2D eigenvalue weighted by atomic mass is 35.5. The number of benzene rings is 2. The van der Waals surface area contributed by atoms with Crippen LogP contribution < -0.4 is 10.6 Å². The van der Waals surface area contributed by atoms with Crippen LogP contribution in [-0.4, -0.2) is 15.2 Å². The van der Waals surface area contributed by atoms with Gasteiger partial charge in [-0.05, 0) is 42.5 Å². The van der Waals surface area contributed by atoms with Gasteiger partial charge in [-0.25, -0.2) is 4.39 Å². The van der Waals surface area contributed by atoms with E-state index in [0.29, 0.717) is 22.5 Å². The van der Waals surface area contributed by atoms with Gasteiger partial charge in [-0.2, -0.15) is 10.1 Å². The van der Waals surface area contributed by atoms with Crippen molar-refractivity contribution in [1.82, 2.24) is 15.2 Å². The van der Waals surface area contributed by atoms with E-state index >= 15 is 0 Å². The van der Waals surface area contributed by atoms with Crippen LogP contribution in [0.1, 0.15) is 0 Å². The molecule has 3 rings (SSSR count). The summed E-state index contributed by atoms with van der Waals surface area (Å²) >= 11 is 5.92. The Morgan fingerprint density at radius 2 is 1.77 bits per heavy atom. The van der Waals surface area contributed by atoms with Crippen LogP contribution >= 0.6 is 11.6 Å². The summed E-state index contributed by atoms with van der Waals surface area (Å²) in [7, 11) is 0. The van der Waals surface area contributed by atoms with Gasteiger partial charge in [-0.15, -0.1) is 5.10 Å². The number of hydrogen-bond acceptors (Lipinski definition) is 5. The largest absolute Gasteiger partial charge is 0.339 e. The molecule has 7 heteroatoms. The van der Waals surface area contributed by atoms with Crippen LogP contribution in [0.2, 0.25) is 5.02 Å². The molecule has 5 nitrogen and oxygen atoms in total. The van der Waals surface area contributed by atoms with Crippen LogP contribution in [-0.2, 0) is 0 Å². The van der Waals surface area contributed by atoms with Crippen molar-refractivity contribution in [2.75, 3.05) is 10.6 Å². The van der Waals surface area contributed by atoms with Crippen molar-refractivity contribution in [3.8, 4) is 0 Å². The van der Waals surface area contributed by atoms with E-state index in [2.05, 4.69) is 25.8 Å². The molecule has 22 heavy (non-hydrogen) atoms. The molecule has 0 aliphatic carbocycles. The van der Waals surface area contributed by atoms with E-state index in [9.17, 15) is 4.39 Å². The van der Waals surface area contributed by atoms with E-state index in [0.717, 1.165) is 5.69 Å². The van der Waals surface area contributed by atoms with Crippen LogP contribution in [0.15, 0.2) is 54.7 Å². The maximum absolute atomic E-state index is 12.9. The number of nitrogens with zero attached hydrogens (tertiary/aromatic N) is 3. The zero-order valence-corrected chi connectivity index (χ0v) is 12.0. The molecule has 0 saturated carbocycles. The summed E-state index contributed by atoms with van der Waals surface area (Å²) in [5, 5.41) is 14.4. The second-order valence-corrected chi connectivity index (χ2v) is 4.87. The Balaban J connectivity index is 1.76. The minimum absolute atomic E-state index is 0.297. The molecule has 0 unspecified atom stereocenters. The molecule has 1 heterocycles. The Bertz CT molecular complexity index is 779. The SMILES string of the molecule is Fc1ccc(Nc2cnnc(Nc3cccc(Cl)c3)n2)cc1. The Morgan fingerprint density at radius 3 is 2.55 bits per heavy atom. The van der Waals surface area contributed by atoms with Crippen molar-refractivity contribution in [3.05, 3.63) is 65.6 Å². The molecule has 2 aromatic carbocycles. The number of aromatic nitrogens is 3. The standard InChI is InChI=1S/C15H11ClFN5/c16-10-2-1-3-13(8-10)20-15-21-14(9-18-22-15)19-12-6-4-11(17)5-7-12/h1-9H,(H2,19,20,21,22). The molecule has 0 amide bonds. The highest BCUT2D eigenvalue weighted by Crippen LogP contribution is 2.19. The van der Waals surface area contributed by atoms with Crippen LogP contribution in [0, 0.1) is 5.82 Å². The predicted octanol–water partition coefficient (Wildman–Crippen LogP) is 4.15. The van der Waals surface area contributed by atoms with Gasteiger partial charge in [-0.3, -0.25) is 0 Å². The Labute approximate surface area is 131 Å². The fraction of sp³-hybridized carbons (Fsp3) is 0. The fourth-order valence-corrected chi connectivity index (χ4v) is 1.98. The first-order chi connectivity index (χ1) is 10.7. The van der Waals surface area contributed by atoms with Crippen molar-refractivity contribution in [3.63, 3.8) is 0 Å². The predicted molar refractivity (Wildman–Crippen MR) is 84.2 cm³/mol. The summed E-state index contributed by atoms with van der Waals surface area (Å²) in [6.45, 7) is 0. The average molecular weight is 316 g/mol. The number of halogens is 2. The summed E-state index contributed by atoms with van der Waals surface area (Å²) in [5.74, 6) is 0.523. The highest BCUT2D eigenvalue weighted by Gasteiger charge is 2.03. The lowest BCUT2D eigenvalue weighted by Gasteiger charge is -2.07. The summed E-state index contributed by atoms with van der Waals surface area (Å²) in [6.07, 6.45) is 1.48. The van der Waals surface area contributed by atoms with Gasteiger partial charge in [0, 0.05) is 16.4 Å². The molecule has 2 N–H and O–H groups in total. The topological polar surface area (TPSA) is 62.7 Å². The lowest BCUT2D eigenvalue weighted by atomic mass is 10.3. The van der Waals surface area contributed by atoms with E-state index in [1.54, 1.807) is 24.3 Å². The minimum Gasteiger partial charge on any atom is -0.339 e. The van der Waals surface area contributed by atoms with Crippen LogP contribution in [0.5, 0.6) is 0 Å². The normalized spacial score (nSPS) is 10.3. The molecule has 3 aromatic rings. The maximum Gasteiger partial charge on any atom is 0.249 e. The third-order valence-electron chi connectivity index (χ3n) is 2.76. The lowest BCUT2D eigenvalue weighted by Crippen LogP contribution is -2.02. The third kappa shape index (κ3) is 3.67. The summed E-state index contributed by atoms with van der Waals surface area (Å²) in [5.41, 5.74) is 1.46. The van der Waals surface area contributed by atoms with Crippen molar-refractivity contribution in [2.24, 2.45) is 0 Å². The molecule has 0 aliphatic rings. The smallest absolute Gasteiger partial charge is 0.249 e. The molecule has 0 fully saturated rings. The number of rotatable bonds is 4. The van der Waals surface area contributed by atoms with Gasteiger partial charge < -0.3 is 10.6 Å². The van der Waals surface area contributed by atoms with Gasteiger partial charge in [0.25, 0.3) is 0 Å². The van der Waals surface area contributed by atoms with E-state index in [1.165, 1.54) is 18.3 Å². The molecule has 0 bridgehead atoms. The van der Waals surface area contributed by atoms with Gasteiger partial charge in [0.05, 0.1) is 6.20 Å². The molecule has 0 atom stereocenters. The molecule has 0 aliphatic heterocycles. The van der Waals surface area contributed by atoms with Crippen LogP contribution in [0.4, 0.5) is 27.5 Å². The van der Waals surface area contributed by atoms with E-state index in [-0.39, 0.29) is 5.82 Å². The quantitative estimate of drug-likeness (QED) is 0.757. The van der Waals surface area contributed by atoms with Gasteiger partial charge in [0.1, 0.15) is 5.82 Å². The Hall–Kier alpha value is -2.73. The second-order valence-electron chi connectivity index (χ2n) is 4.43. The first kappa shape index (κ1) is 14.2. The summed E-state index contributed by atoms with van der Waals surface area (Å²) < 4.78 is 12.9. The lowest BCUT2D eigenvalue weighted by molar-refractivity contribution is 0.628. The molecule has 110 valence electrons. The Kier molecular flexibility index (Phi) is 4.11. The van der Waals surface area contributed by atoms with Gasteiger partial charge in [-0.1, -0.05) is 17.7 Å². The van der Waals surface area contributed by atoms with E-state index in [4.69, 9.17) is 11.6 Å². The van der Waals surface area contributed by atoms with Crippen molar-refractivity contribution >= 4 is 34.7 Å². The Morgan fingerprint density at radius 1 is 0.955 bits per heavy atom. The summed E-state index contributed by atoms with van der Waals surface area (Å²) in [6, 6.07) is 13.1. The second kappa shape index (κ2) is 6.36. The van der Waals surface area contributed by atoms with Crippen LogP contribution in [0.25, 0.3) is 0 Å². The van der Waals surface area contributed by atoms with Gasteiger partial charge >= 0.3 is 0 Å². The van der Waals surface area contributed by atoms with Crippen molar-refractivity contribution in [2.45, 2.75) is 0 Å². The first-order valence-corrected chi connectivity index (χ1v) is 6.82. The number of hydrogen-bond donors (Lipinski definition) is 2. The zero-order valence-electron chi connectivity index (χ0n) is 11.3. The minimum atomic E-state index is -0.297. The molecule has 1 aromatic heterocycles. The van der Waals surface area contributed by atoms with E-state index in [1.807, 2.05) is 12.1 Å². The maximum atomic E-state index is 12.9. The molecule has 0 radical (unpaired) electrons. The average Bonchev–Trinajstić information content (AvgIpc) is 2.50. The number of nitrogens with one attached hydrogen (secondary N) is 2. The van der Waals surface area contributed by atoms with Crippen LogP contribution in [0.3, 0.4) is 0 Å².